The van der Waals surface area contributed by atoms with Gasteiger partial charge in [0.15, 0.2) is 0 Å². The zero-order valence-electron chi connectivity index (χ0n) is 22.0. The van der Waals surface area contributed by atoms with Crippen LogP contribution in [0, 0.1) is 5.92 Å². The summed E-state index contributed by atoms with van der Waals surface area (Å²) < 4.78 is 87.3. The molecule has 0 spiro atoms. The van der Waals surface area contributed by atoms with Crippen LogP contribution in [0.1, 0.15) is 34.6 Å². The Bertz CT molecular complexity index is 1460. The molecule has 1 saturated carbocycles. The number of carbonyl (C=O) groups excluding carboxylic acids is 1. The van der Waals surface area contributed by atoms with Gasteiger partial charge in [-0.15, -0.1) is 26.3 Å². The summed E-state index contributed by atoms with van der Waals surface area (Å²) in [4.78, 5) is 13.8. The molecule has 0 aromatic heterocycles. The third-order valence-corrected chi connectivity index (χ3v) is 7.12. The zero-order valence-corrected chi connectivity index (χ0v) is 22.0. The molecule has 0 heterocycles. The Morgan fingerprint density at radius 1 is 0.690 bits per heavy atom. The minimum absolute atomic E-state index is 0.00719. The molecule has 5 rings (SSSR count). The van der Waals surface area contributed by atoms with E-state index in [1.54, 1.807) is 30.3 Å². The molecule has 0 unspecified atom stereocenters. The quantitative estimate of drug-likeness (QED) is 0.203. The average molecular weight is 586 g/mol. The third kappa shape index (κ3) is 7.05. The molecule has 1 aliphatic carbocycles. The lowest BCUT2D eigenvalue weighted by Gasteiger charge is -2.37. The number of benzene rings is 4. The largest absolute Gasteiger partial charge is 0.573 e. The lowest BCUT2D eigenvalue weighted by Crippen LogP contribution is -2.49. The van der Waals surface area contributed by atoms with Crippen molar-refractivity contribution in [3.8, 4) is 11.5 Å². The first-order valence-corrected chi connectivity index (χ1v) is 13.1. The molecule has 4 nitrogen and oxygen atoms in total. The minimum Gasteiger partial charge on any atom is -0.406 e. The van der Waals surface area contributed by atoms with E-state index in [1.165, 1.54) is 24.3 Å². The standard InChI is InChI=1S/C32H25F6NO3/c33-31(34,35)41-25-15-7-13-23(17-25)30(20-21-9-3-1-4-10-21,24-14-8-16-26(18-24)42-32(36,37)38)39-29(40)28-19-27(28)22-11-5-2-6-12-22/h1-18,27-28H,19-20H2,(H,39,40)/t27-,28+/m0/s1. The lowest BCUT2D eigenvalue weighted by molar-refractivity contribution is -0.275. The monoisotopic (exact) mass is 585 g/mol. The van der Waals surface area contributed by atoms with Crippen molar-refractivity contribution in [1.29, 1.82) is 0 Å². The molecular formula is C32H25F6NO3. The van der Waals surface area contributed by atoms with E-state index in [-0.39, 0.29) is 29.4 Å². The van der Waals surface area contributed by atoms with Gasteiger partial charge in [0, 0.05) is 12.3 Å². The van der Waals surface area contributed by atoms with Crippen molar-refractivity contribution in [2.45, 2.75) is 37.0 Å². The summed E-state index contributed by atoms with van der Waals surface area (Å²) in [6.07, 6.45) is -9.42. The molecule has 10 heteroatoms. The van der Waals surface area contributed by atoms with Crippen molar-refractivity contribution in [1.82, 2.24) is 5.32 Å². The topological polar surface area (TPSA) is 47.6 Å². The highest BCUT2D eigenvalue weighted by Gasteiger charge is 2.47. The summed E-state index contributed by atoms with van der Waals surface area (Å²) in [5, 5.41) is 3.04. The van der Waals surface area contributed by atoms with Gasteiger partial charge in [-0.3, -0.25) is 4.79 Å². The highest BCUT2D eigenvalue weighted by molar-refractivity contribution is 5.84. The normalized spacial score (nSPS) is 16.9. The van der Waals surface area contributed by atoms with Crippen LogP contribution in [0.15, 0.2) is 109 Å². The van der Waals surface area contributed by atoms with Crippen LogP contribution in [-0.4, -0.2) is 18.6 Å². The van der Waals surface area contributed by atoms with E-state index in [1.807, 2.05) is 30.3 Å². The molecule has 1 N–H and O–H groups in total. The van der Waals surface area contributed by atoms with Gasteiger partial charge in [-0.2, -0.15) is 0 Å². The van der Waals surface area contributed by atoms with Gasteiger partial charge in [-0.1, -0.05) is 84.9 Å². The molecule has 4 aromatic rings. The van der Waals surface area contributed by atoms with Crippen LogP contribution >= 0.6 is 0 Å². The Labute approximate surface area is 237 Å². The van der Waals surface area contributed by atoms with E-state index in [9.17, 15) is 31.1 Å². The fraction of sp³-hybridized carbons (Fsp3) is 0.219. The van der Waals surface area contributed by atoms with Gasteiger partial charge >= 0.3 is 12.7 Å². The van der Waals surface area contributed by atoms with Gasteiger partial charge in [0.25, 0.3) is 0 Å². The van der Waals surface area contributed by atoms with Crippen LogP contribution in [-0.2, 0) is 16.8 Å². The third-order valence-electron chi connectivity index (χ3n) is 7.12. The molecule has 4 aromatic carbocycles. The first kappa shape index (κ1) is 29.0. The van der Waals surface area contributed by atoms with Gasteiger partial charge in [-0.25, -0.2) is 0 Å². The summed E-state index contributed by atoms with van der Waals surface area (Å²) in [6.45, 7) is 0. The van der Waals surface area contributed by atoms with Crippen LogP contribution in [0.5, 0.6) is 11.5 Å². The highest BCUT2D eigenvalue weighted by atomic mass is 19.4. The van der Waals surface area contributed by atoms with E-state index >= 15 is 0 Å². The minimum atomic E-state index is -4.98. The Morgan fingerprint density at radius 2 is 1.19 bits per heavy atom. The fourth-order valence-electron chi connectivity index (χ4n) is 5.24. The molecule has 0 aliphatic heterocycles. The van der Waals surface area contributed by atoms with Crippen molar-refractivity contribution < 1.29 is 40.6 Å². The Kier molecular flexibility index (Phi) is 7.90. The number of carbonyl (C=O) groups is 1. The maximum atomic E-state index is 13.8. The Morgan fingerprint density at radius 3 is 1.69 bits per heavy atom. The van der Waals surface area contributed by atoms with E-state index in [2.05, 4.69) is 14.8 Å². The molecule has 1 amide bonds. The van der Waals surface area contributed by atoms with Gasteiger partial charge in [0.2, 0.25) is 5.91 Å². The van der Waals surface area contributed by atoms with E-state index in [0.29, 0.717) is 12.0 Å². The molecule has 1 aliphatic rings. The van der Waals surface area contributed by atoms with Gasteiger partial charge in [0.1, 0.15) is 11.5 Å². The summed E-state index contributed by atoms with van der Waals surface area (Å²) in [7, 11) is 0. The summed E-state index contributed by atoms with van der Waals surface area (Å²) in [6, 6.07) is 28.4. The second-order valence-electron chi connectivity index (χ2n) is 10.1. The van der Waals surface area contributed by atoms with Crippen molar-refractivity contribution in [2.75, 3.05) is 0 Å². The summed E-state index contributed by atoms with van der Waals surface area (Å²) in [5.74, 6) is -1.97. The summed E-state index contributed by atoms with van der Waals surface area (Å²) >= 11 is 0. The number of ether oxygens (including phenoxy) is 2. The van der Waals surface area contributed by atoms with Gasteiger partial charge in [-0.05, 0) is 58.9 Å². The van der Waals surface area contributed by atoms with Crippen LogP contribution in [0.4, 0.5) is 26.3 Å². The van der Waals surface area contributed by atoms with Crippen LogP contribution in [0.2, 0.25) is 0 Å². The molecule has 42 heavy (non-hydrogen) atoms. The highest BCUT2D eigenvalue weighted by Crippen LogP contribution is 2.48. The van der Waals surface area contributed by atoms with E-state index in [0.717, 1.165) is 29.8 Å². The number of nitrogens with one attached hydrogen (secondary N) is 1. The molecule has 2 atom stereocenters. The second kappa shape index (κ2) is 11.4. The number of amides is 1. The van der Waals surface area contributed by atoms with Crippen LogP contribution in [0.25, 0.3) is 0 Å². The Hall–Kier alpha value is -4.47. The van der Waals surface area contributed by atoms with Crippen LogP contribution < -0.4 is 14.8 Å². The smallest absolute Gasteiger partial charge is 0.406 e. The van der Waals surface area contributed by atoms with E-state index < -0.39 is 35.7 Å². The maximum Gasteiger partial charge on any atom is 0.573 e. The van der Waals surface area contributed by atoms with Gasteiger partial charge in [0.05, 0.1) is 5.54 Å². The first-order chi connectivity index (χ1) is 19.9. The van der Waals surface area contributed by atoms with Crippen molar-refractivity contribution in [3.05, 3.63) is 131 Å². The Balaban J connectivity index is 1.63. The van der Waals surface area contributed by atoms with Gasteiger partial charge < -0.3 is 14.8 Å². The molecule has 218 valence electrons. The SMILES string of the molecule is O=C(NC(Cc1ccccc1)(c1cccc(OC(F)(F)F)c1)c1cccc(OC(F)(F)F)c1)[C@@H]1C[C@H]1c1ccccc1. The maximum absolute atomic E-state index is 13.8. The zero-order chi connectivity index (χ0) is 30.0. The number of halogens is 6. The van der Waals surface area contributed by atoms with Crippen molar-refractivity contribution >= 4 is 5.91 Å². The van der Waals surface area contributed by atoms with Crippen LogP contribution in [0.3, 0.4) is 0 Å². The molecule has 0 saturated heterocycles. The fourth-order valence-corrected chi connectivity index (χ4v) is 5.24. The van der Waals surface area contributed by atoms with E-state index in [4.69, 9.17) is 0 Å². The number of rotatable bonds is 9. The number of hydrogen-bond acceptors (Lipinski definition) is 3. The predicted octanol–water partition coefficient (Wildman–Crippen LogP) is 7.89. The molecular weight excluding hydrogens is 560 g/mol. The van der Waals surface area contributed by atoms with Crippen molar-refractivity contribution in [2.24, 2.45) is 5.92 Å². The molecule has 1 fully saturated rings. The number of hydrogen-bond donors (Lipinski definition) is 1. The number of alkyl halides is 6. The first-order valence-electron chi connectivity index (χ1n) is 13.1. The molecule has 0 radical (unpaired) electrons. The molecule has 0 bridgehead atoms. The predicted molar refractivity (Wildman–Crippen MR) is 143 cm³/mol. The lowest BCUT2D eigenvalue weighted by atomic mass is 9.77. The van der Waals surface area contributed by atoms with Crippen molar-refractivity contribution in [3.63, 3.8) is 0 Å². The average Bonchev–Trinajstić information content (AvgIpc) is 3.74. The second-order valence-corrected chi connectivity index (χ2v) is 10.1. The summed E-state index contributed by atoms with van der Waals surface area (Å²) in [5.41, 5.74) is 0.410.